The second-order valence-corrected chi connectivity index (χ2v) is 9.86. The molecule has 1 amide bonds. The number of sulfonamides is 1. The normalized spacial score (nSPS) is 14.0. The maximum absolute atomic E-state index is 13.1. The Bertz CT molecular complexity index is 1210. The fourth-order valence-corrected chi connectivity index (χ4v) is 5.29. The van der Waals surface area contributed by atoms with Gasteiger partial charge in [-0.1, -0.05) is 41.9 Å². The van der Waals surface area contributed by atoms with Crippen LogP contribution in [0.4, 0.5) is 5.69 Å². The van der Waals surface area contributed by atoms with Gasteiger partial charge >= 0.3 is 0 Å². The van der Waals surface area contributed by atoms with Crippen LogP contribution in [0.5, 0.6) is 5.75 Å². The average molecular weight is 471 g/mol. The molecule has 1 N–H and O–H groups in total. The number of para-hydroxylation sites is 1. The van der Waals surface area contributed by atoms with E-state index < -0.39 is 10.0 Å². The smallest absolute Gasteiger partial charge is 0.264 e. The monoisotopic (exact) mass is 470 g/mol. The van der Waals surface area contributed by atoms with E-state index in [1.807, 2.05) is 43.3 Å². The second kappa shape index (κ2) is 9.22. The quantitative estimate of drug-likeness (QED) is 0.557. The van der Waals surface area contributed by atoms with Gasteiger partial charge in [0.05, 0.1) is 16.6 Å². The molecule has 0 aromatic heterocycles. The number of amides is 1. The third-order valence-corrected chi connectivity index (χ3v) is 7.45. The topological polar surface area (TPSA) is 75.7 Å². The lowest BCUT2D eigenvalue weighted by Crippen LogP contribution is -2.31. The summed E-state index contributed by atoms with van der Waals surface area (Å²) in [4.78, 5) is 12.4. The second-order valence-electron chi connectivity index (χ2n) is 7.56. The fourth-order valence-electron chi connectivity index (χ4n) is 3.66. The maximum atomic E-state index is 13.1. The van der Waals surface area contributed by atoms with Gasteiger partial charge in [0, 0.05) is 11.6 Å². The number of ether oxygens (including phenoxy) is 1. The van der Waals surface area contributed by atoms with Gasteiger partial charge in [-0.2, -0.15) is 0 Å². The maximum Gasteiger partial charge on any atom is 0.264 e. The van der Waals surface area contributed by atoms with Gasteiger partial charge in [-0.25, -0.2) is 8.42 Å². The summed E-state index contributed by atoms with van der Waals surface area (Å²) < 4.78 is 33.1. The SMILES string of the molecule is C[C@H](NC(=O)COc1ccc(S(=O)(=O)N2CCc3ccccc32)cc1)c1ccc(Cl)cc1. The van der Waals surface area contributed by atoms with Crippen molar-refractivity contribution in [3.8, 4) is 5.75 Å². The van der Waals surface area contributed by atoms with Crippen molar-refractivity contribution in [3.05, 3.63) is 88.9 Å². The lowest BCUT2D eigenvalue weighted by molar-refractivity contribution is -0.123. The number of nitrogens with one attached hydrogen (secondary N) is 1. The van der Waals surface area contributed by atoms with Crippen molar-refractivity contribution in [2.45, 2.75) is 24.3 Å². The molecular formula is C24H23ClN2O4S. The molecule has 1 aliphatic heterocycles. The first kappa shape index (κ1) is 22.2. The summed E-state index contributed by atoms with van der Waals surface area (Å²) in [5.41, 5.74) is 2.68. The minimum absolute atomic E-state index is 0.177. The molecular weight excluding hydrogens is 448 g/mol. The lowest BCUT2D eigenvalue weighted by Gasteiger charge is -2.19. The number of carbonyl (C=O) groups is 1. The Labute approximate surface area is 192 Å². The van der Waals surface area contributed by atoms with Crippen LogP contribution in [0.15, 0.2) is 77.7 Å². The summed E-state index contributed by atoms with van der Waals surface area (Å²) in [6, 6.07) is 20.7. The first-order valence-electron chi connectivity index (χ1n) is 10.2. The Morgan fingerprint density at radius 3 is 2.47 bits per heavy atom. The summed E-state index contributed by atoms with van der Waals surface area (Å²) in [6.07, 6.45) is 0.695. The summed E-state index contributed by atoms with van der Waals surface area (Å²) in [5, 5.41) is 3.49. The highest BCUT2D eigenvalue weighted by Crippen LogP contribution is 2.33. The van der Waals surface area contributed by atoms with E-state index in [9.17, 15) is 13.2 Å². The van der Waals surface area contributed by atoms with Crippen molar-refractivity contribution in [1.82, 2.24) is 5.32 Å². The lowest BCUT2D eigenvalue weighted by atomic mass is 10.1. The molecule has 1 atom stereocenters. The summed E-state index contributed by atoms with van der Waals surface area (Å²) >= 11 is 5.89. The van der Waals surface area contributed by atoms with Crippen LogP contribution >= 0.6 is 11.6 Å². The van der Waals surface area contributed by atoms with Gasteiger partial charge in [-0.05, 0) is 66.9 Å². The molecule has 8 heteroatoms. The highest BCUT2D eigenvalue weighted by molar-refractivity contribution is 7.92. The van der Waals surface area contributed by atoms with Crippen LogP contribution in [-0.2, 0) is 21.2 Å². The van der Waals surface area contributed by atoms with Crippen molar-refractivity contribution >= 4 is 33.2 Å². The Hall–Kier alpha value is -3.03. The minimum atomic E-state index is -3.66. The largest absolute Gasteiger partial charge is 0.484 e. The zero-order chi connectivity index (χ0) is 22.7. The molecule has 0 spiro atoms. The van der Waals surface area contributed by atoms with Crippen molar-refractivity contribution in [1.29, 1.82) is 0 Å². The number of benzene rings is 3. The first-order chi connectivity index (χ1) is 15.3. The van der Waals surface area contributed by atoms with E-state index in [0.29, 0.717) is 23.7 Å². The van der Waals surface area contributed by atoms with Gasteiger partial charge in [0.2, 0.25) is 0 Å². The van der Waals surface area contributed by atoms with E-state index in [2.05, 4.69) is 5.32 Å². The van der Waals surface area contributed by atoms with Crippen LogP contribution in [-0.4, -0.2) is 27.5 Å². The van der Waals surface area contributed by atoms with Crippen molar-refractivity contribution in [3.63, 3.8) is 0 Å². The number of hydrogen-bond acceptors (Lipinski definition) is 4. The Morgan fingerprint density at radius 1 is 1.06 bits per heavy atom. The number of fused-ring (bicyclic) bond motifs is 1. The van der Waals surface area contributed by atoms with Gasteiger partial charge in [0.25, 0.3) is 15.9 Å². The molecule has 0 radical (unpaired) electrons. The van der Waals surface area contributed by atoms with Crippen LogP contribution in [0, 0.1) is 0 Å². The van der Waals surface area contributed by atoms with Gasteiger partial charge in [-0.3, -0.25) is 9.10 Å². The molecule has 0 fully saturated rings. The summed E-state index contributed by atoms with van der Waals surface area (Å²) in [5.74, 6) is 0.137. The third-order valence-electron chi connectivity index (χ3n) is 5.37. The molecule has 3 aromatic carbocycles. The number of anilines is 1. The number of rotatable bonds is 7. The van der Waals surface area contributed by atoms with E-state index in [1.54, 1.807) is 24.3 Å². The van der Waals surface area contributed by atoms with E-state index >= 15 is 0 Å². The van der Waals surface area contributed by atoms with Crippen molar-refractivity contribution in [2.24, 2.45) is 0 Å². The molecule has 0 bridgehead atoms. The number of nitrogens with zero attached hydrogens (tertiary/aromatic N) is 1. The van der Waals surface area contributed by atoms with E-state index in [-0.39, 0.29) is 23.5 Å². The molecule has 3 aromatic rings. The van der Waals surface area contributed by atoms with Crippen LogP contribution in [0.3, 0.4) is 0 Å². The first-order valence-corrected chi connectivity index (χ1v) is 12.0. The van der Waals surface area contributed by atoms with Crippen molar-refractivity contribution < 1.29 is 17.9 Å². The van der Waals surface area contributed by atoms with Gasteiger partial charge in [-0.15, -0.1) is 0 Å². The molecule has 0 saturated heterocycles. The molecule has 0 aliphatic carbocycles. The van der Waals surface area contributed by atoms with Gasteiger partial charge in [0.15, 0.2) is 6.61 Å². The molecule has 1 heterocycles. The van der Waals surface area contributed by atoms with Crippen molar-refractivity contribution in [2.75, 3.05) is 17.5 Å². The average Bonchev–Trinajstić information content (AvgIpc) is 3.23. The molecule has 0 unspecified atom stereocenters. The molecule has 4 rings (SSSR count). The zero-order valence-corrected chi connectivity index (χ0v) is 19.1. The number of carbonyl (C=O) groups excluding carboxylic acids is 1. The zero-order valence-electron chi connectivity index (χ0n) is 17.5. The number of halogens is 1. The van der Waals surface area contributed by atoms with Gasteiger partial charge in [0.1, 0.15) is 5.75 Å². The number of hydrogen-bond donors (Lipinski definition) is 1. The van der Waals surface area contributed by atoms with Crippen LogP contribution < -0.4 is 14.4 Å². The van der Waals surface area contributed by atoms with E-state index in [4.69, 9.17) is 16.3 Å². The standard InChI is InChI=1S/C24H23ClN2O4S/c1-17(18-6-8-20(25)9-7-18)26-24(28)16-31-21-10-12-22(13-11-21)32(29,30)27-15-14-19-4-2-3-5-23(19)27/h2-13,17H,14-16H2,1H3,(H,26,28)/t17-/m0/s1. The van der Waals surface area contributed by atoms with Crippen LogP contribution in [0.25, 0.3) is 0 Å². The molecule has 6 nitrogen and oxygen atoms in total. The van der Waals surface area contributed by atoms with Crippen LogP contribution in [0.2, 0.25) is 5.02 Å². The van der Waals surface area contributed by atoms with Gasteiger partial charge < -0.3 is 10.1 Å². The highest BCUT2D eigenvalue weighted by Gasteiger charge is 2.30. The molecule has 166 valence electrons. The Morgan fingerprint density at radius 2 is 1.75 bits per heavy atom. The summed E-state index contributed by atoms with van der Waals surface area (Å²) in [7, 11) is -3.66. The highest BCUT2D eigenvalue weighted by atomic mass is 35.5. The molecule has 32 heavy (non-hydrogen) atoms. The summed E-state index contributed by atoms with van der Waals surface area (Å²) in [6.45, 7) is 2.12. The predicted octanol–water partition coefficient (Wildman–Crippen LogP) is 4.35. The van der Waals surface area contributed by atoms with E-state index in [1.165, 1.54) is 16.4 Å². The van der Waals surface area contributed by atoms with E-state index in [0.717, 1.165) is 16.8 Å². The van der Waals surface area contributed by atoms with Crippen LogP contribution in [0.1, 0.15) is 24.1 Å². The minimum Gasteiger partial charge on any atom is -0.484 e. The Kier molecular flexibility index (Phi) is 6.39. The fraction of sp³-hybridized carbons (Fsp3) is 0.208. The Balaban J connectivity index is 1.36. The third kappa shape index (κ3) is 4.74. The molecule has 1 aliphatic rings. The molecule has 0 saturated carbocycles. The predicted molar refractivity (Wildman–Crippen MR) is 125 cm³/mol.